The molecule has 0 N–H and O–H groups in total. The monoisotopic (exact) mass is 254 g/mol. The Hall–Kier alpha value is 1.62. The molecule has 0 aliphatic carbocycles. The molecule has 0 aromatic rings. The van der Waals surface area contributed by atoms with E-state index in [2.05, 4.69) is 0 Å². The van der Waals surface area contributed by atoms with Crippen LogP contribution in [0.5, 0.6) is 0 Å². The van der Waals surface area contributed by atoms with Gasteiger partial charge < -0.3 is 21.9 Å². The van der Waals surface area contributed by atoms with Crippen LogP contribution in [-0.2, 0) is 40.5 Å². The van der Waals surface area contributed by atoms with Gasteiger partial charge in [-0.3, -0.25) is 0 Å². The van der Waals surface area contributed by atoms with Crippen molar-refractivity contribution < 1.29 is 76.1 Å². The van der Waals surface area contributed by atoms with Gasteiger partial charge in [-0.25, -0.2) is 0 Å². The summed E-state index contributed by atoms with van der Waals surface area (Å²) in [5.74, 6) is 0. The average molecular weight is 254 g/mol. The Balaban J connectivity index is 0. The number of hydrogen-bond acceptors (Lipinski definition) is 0. The minimum atomic E-state index is 0. The molecule has 0 bridgehead atoms. The quantitative estimate of drug-likeness (QED) is 0.555. The molecule has 0 fully saturated rings. The molecule has 37 valence electrons. The molecule has 0 saturated carbocycles. The van der Waals surface area contributed by atoms with Crippen LogP contribution in [0.3, 0.4) is 0 Å². The van der Waals surface area contributed by atoms with E-state index in [1.165, 1.54) is 0 Å². The predicted molar refractivity (Wildman–Crippen MR) is 2.75 cm³/mol. The topological polar surface area (TPSA) is 114 Å². The van der Waals surface area contributed by atoms with Crippen LogP contribution in [0.4, 0.5) is 0 Å². The summed E-state index contributed by atoms with van der Waals surface area (Å²) >= 11 is 0. The maximum absolute atomic E-state index is 0. The maximum Gasteiger partial charge on any atom is 3.00 e. The van der Waals surface area contributed by atoms with E-state index >= 15 is 0 Å². The smallest absolute Gasteiger partial charge is 2.00 e. The molecule has 0 unspecified atom stereocenters. The van der Waals surface area contributed by atoms with Crippen molar-refractivity contribution in [1.82, 2.24) is 0 Å². The van der Waals surface area contributed by atoms with Crippen molar-refractivity contribution in [3.8, 4) is 0 Å². The van der Waals surface area contributed by atoms with E-state index in [1.807, 2.05) is 0 Å². The van der Waals surface area contributed by atoms with E-state index in [4.69, 9.17) is 0 Å². The van der Waals surface area contributed by atoms with E-state index in [1.54, 1.807) is 0 Å². The summed E-state index contributed by atoms with van der Waals surface area (Å²) in [6, 6.07) is 0. The first-order valence-corrected chi connectivity index (χ1v) is 0. The van der Waals surface area contributed by atoms with Gasteiger partial charge in [-0.15, -0.1) is 0 Å². The summed E-state index contributed by atoms with van der Waals surface area (Å²) in [5.41, 5.74) is 0. The fraction of sp³-hybridized carbons (Fsp3) is 0. The van der Waals surface area contributed by atoms with Crippen molar-refractivity contribution in [2.75, 3.05) is 0 Å². The molecule has 0 aromatic carbocycles. The molecule has 1 radical (unpaired) electrons. The van der Waals surface area contributed by atoms with Gasteiger partial charge in [0.2, 0.25) is 0 Å². The third kappa shape index (κ3) is 45.7. The van der Waals surface area contributed by atoms with Gasteiger partial charge in [-0.1, -0.05) is 0 Å². The Morgan fingerprint density at radius 2 is 0.500 bits per heavy atom. The van der Waals surface area contributed by atoms with E-state index in [0.717, 1.165) is 0 Å². The molecule has 0 aliphatic rings. The molecule has 0 amide bonds. The van der Waals surface area contributed by atoms with E-state index in [0.29, 0.717) is 0 Å². The van der Waals surface area contributed by atoms with Crippen LogP contribution in [0, 0.1) is 35.6 Å². The van der Waals surface area contributed by atoms with Gasteiger partial charge in [0.05, 0.1) is 0 Å². The van der Waals surface area contributed by atoms with Crippen LogP contribution >= 0.6 is 0 Å². The van der Waals surface area contributed by atoms with Crippen LogP contribution in [0.25, 0.3) is 0 Å². The van der Waals surface area contributed by atoms with Gasteiger partial charge in [-0.05, 0) is 0 Å². The van der Waals surface area contributed by atoms with Gasteiger partial charge in [0.25, 0.3) is 0 Å². The van der Waals surface area contributed by atoms with E-state index in [9.17, 15) is 0 Å². The molecule has 0 rings (SSSR count). The standard InChI is InChI=1S/La.4O.V/q+3;4*-2;. The minimum absolute atomic E-state index is 0. The largest absolute Gasteiger partial charge is 3.00 e. The van der Waals surface area contributed by atoms with Gasteiger partial charge >= 0.3 is 35.6 Å². The van der Waals surface area contributed by atoms with Crippen LogP contribution in [0.2, 0.25) is 0 Å². The fourth-order valence-electron chi connectivity index (χ4n) is 0. The zero-order valence-electron chi connectivity index (χ0n) is 2.66. The van der Waals surface area contributed by atoms with Gasteiger partial charge in [0.15, 0.2) is 0 Å². The second kappa shape index (κ2) is 79.7. The summed E-state index contributed by atoms with van der Waals surface area (Å²) < 4.78 is 0. The van der Waals surface area contributed by atoms with Crippen molar-refractivity contribution in [2.24, 2.45) is 0 Å². The van der Waals surface area contributed by atoms with Crippen LogP contribution in [-0.4, -0.2) is 0 Å². The van der Waals surface area contributed by atoms with Gasteiger partial charge in [0, 0.05) is 18.6 Å². The summed E-state index contributed by atoms with van der Waals surface area (Å²) in [5, 5.41) is 0. The summed E-state index contributed by atoms with van der Waals surface area (Å²) in [6.07, 6.45) is 0. The summed E-state index contributed by atoms with van der Waals surface area (Å²) in [6.45, 7) is 0. The molecule has 0 saturated heterocycles. The zero-order chi connectivity index (χ0) is 0. The van der Waals surface area contributed by atoms with Crippen molar-refractivity contribution in [3.05, 3.63) is 0 Å². The summed E-state index contributed by atoms with van der Waals surface area (Å²) in [7, 11) is 0. The normalized spacial score (nSPS) is 0. The van der Waals surface area contributed by atoms with Crippen molar-refractivity contribution in [1.29, 1.82) is 0 Å². The maximum atomic E-state index is 0. The molecule has 0 aliphatic heterocycles. The Morgan fingerprint density at radius 1 is 0.500 bits per heavy atom. The molecular weight excluding hydrogens is 254 g/mol. The first kappa shape index (κ1) is 127. The SMILES string of the molecule is [La+3].[O-2].[O-2].[O-2].[O-2].[V]. The number of rotatable bonds is 0. The van der Waals surface area contributed by atoms with Gasteiger partial charge in [0.1, 0.15) is 0 Å². The molecule has 4 nitrogen and oxygen atoms in total. The molecular formula is LaO4V-5. The predicted octanol–water partition coefficient (Wildman–Crippen LogP) is -0.478. The average Bonchev–Trinajstić information content (AvgIpc) is 0. The molecule has 0 heterocycles. The Bertz CT molecular complexity index is 7.51. The Kier molecular flexibility index (Phi) is 1690. The fourth-order valence-corrected chi connectivity index (χ4v) is 0. The molecule has 6 heavy (non-hydrogen) atoms. The Labute approximate surface area is 75.4 Å². The Morgan fingerprint density at radius 3 is 0.500 bits per heavy atom. The first-order chi connectivity index (χ1) is 0. The van der Waals surface area contributed by atoms with Crippen LogP contribution < -0.4 is 0 Å². The third-order valence-electron chi connectivity index (χ3n) is 0. The third-order valence-corrected chi connectivity index (χ3v) is 0. The second-order valence-electron chi connectivity index (χ2n) is 0. The van der Waals surface area contributed by atoms with E-state index < -0.39 is 0 Å². The summed E-state index contributed by atoms with van der Waals surface area (Å²) in [4.78, 5) is 0. The van der Waals surface area contributed by atoms with Crippen molar-refractivity contribution >= 4 is 0 Å². The molecule has 0 aromatic heterocycles. The minimum Gasteiger partial charge on any atom is -2.00 e. The zero-order valence-corrected chi connectivity index (χ0v) is 7.68. The van der Waals surface area contributed by atoms with Crippen molar-refractivity contribution in [3.63, 3.8) is 0 Å². The van der Waals surface area contributed by atoms with E-state index in [-0.39, 0.29) is 76.1 Å². The molecule has 6 heteroatoms. The second-order valence-corrected chi connectivity index (χ2v) is 0. The van der Waals surface area contributed by atoms with Crippen LogP contribution in [0.1, 0.15) is 0 Å². The number of hydrogen-bond donors (Lipinski definition) is 0. The molecule has 0 spiro atoms. The molecule has 0 atom stereocenters. The van der Waals surface area contributed by atoms with Crippen molar-refractivity contribution in [2.45, 2.75) is 0 Å². The van der Waals surface area contributed by atoms with Gasteiger partial charge in [-0.2, -0.15) is 0 Å². The first-order valence-electron chi connectivity index (χ1n) is 0. The van der Waals surface area contributed by atoms with Crippen LogP contribution in [0.15, 0.2) is 0 Å².